The van der Waals surface area contributed by atoms with Gasteiger partial charge >= 0.3 is 0 Å². The smallest absolute Gasteiger partial charge is 0.250 e. The van der Waals surface area contributed by atoms with Crippen LogP contribution in [-0.2, 0) is 19.9 Å². The second kappa shape index (κ2) is 8.33. The molecule has 32 heavy (non-hydrogen) atoms. The lowest BCUT2D eigenvalue weighted by Crippen LogP contribution is -2.52. The van der Waals surface area contributed by atoms with Crippen LogP contribution in [0.25, 0.3) is 0 Å². The van der Waals surface area contributed by atoms with Crippen LogP contribution in [0.3, 0.4) is 0 Å². The molecule has 3 amide bonds. The molecule has 0 saturated carbocycles. The van der Waals surface area contributed by atoms with E-state index in [9.17, 15) is 14.4 Å². The minimum Gasteiger partial charge on any atom is -0.497 e. The average molecular weight is 459 g/mol. The first-order valence-electron chi connectivity index (χ1n) is 9.99. The van der Waals surface area contributed by atoms with Gasteiger partial charge in [0.2, 0.25) is 17.7 Å². The van der Waals surface area contributed by atoms with Crippen LogP contribution in [0.15, 0.2) is 36.4 Å². The van der Waals surface area contributed by atoms with Crippen LogP contribution in [-0.4, -0.2) is 38.0 Å². The van der Waals surface area contributed by atoms with E-state index in [1.54, 1.807) is 36.4 Å². The molecule has 1 saturated heterocycles. The molecular formula is C22H23ClN4O5. The molecule has 1 fully saturated rings. The number of carbonyl (C=O) groups is 3. The molecule has 4 rings (SSSR count). The maximum absolute atomic E-state index is 13.5. The summed E-state index contributed by atoms with van der Waals surface area (Å²) in [4.78, 5) is 38.4. The first kappa shape index (κ1) is 21.9. The van der Waals surface area contributed by atoms with Gasteiger partial charge in [0, 0.05) is 34.8 Å². The Morgan fingerprint density at radius 2 is 2.00 bits per heavy atom. The van der Waals surface area contributed by atoms with E-state index < -0.39 is 29.3 Å². The molecule has 0 aromatic heterocycles. The Morgan fingerprint density at radius 3 is 2.69 bits per heavy atom. The molecule has 0 bridgehead atoms. The summed E-state index contributed by atoms with van der Waals surface area (Å²) in [5.41, 5.74) is 5.52. The molecule has 0 aliphatic carbocycles. The van der Waals surface area contributed by atoms with Crippen molar-refractivity contribution in [3.8, 4) is 11.5 Å². The Balaban J connectivity index is 1.75. The highest BCUT2D eigenvalue weighted by molar-refractivity contribution is 6.31. The predicted molar refractivity (Wildman–Crippen MR) is 119 cm³/mol. The summed E-state index contributed by atoms with van der Waals surface area (Å²) in [5, 5.41) is 9.31. The topological polar surface area (TPSA) is 132 Å². The van der Waals surface area contributed by atoms with Crippen molar-refractivity contribution in [1.29, 1.82) is 0 Å². The fraction of sp³-hybridized carbons (Fsp3) is 0.318. The first-order valence-corrected chi connectivity index (χ1v) is 10.4. The van der Waals surface area contributed by atoms with Crippen LogP contribution in [0.2, 0.25) is 5.02 Å². The second-order valence-corrected chi connectivity index (χ2v) is 8.24. The van der Waals surface area contributed by atoms with Crippen molar-refractivity contribution in [3.05, 3.63) is 47.0 Å². The van der Waals surface area contributed by atoms with Crippen LogP contribution in [0.1, 0.15) is 18.4 Å². The van der Waals surface area contributed by atoms with Gasteiger partial charge in [-0.15, -0.1) is 0 Å². The van der Waals surface area contributed by atoms with Crippen molar-refractivity contribution in [2.45, 2.75) is 24.4 Å². The van der Waals surface area contributed by atoms with Crippen molar-refractivity contribution < 1.29 is 23.9 Å². The van der Waals surface area contributed by atoms with Crippen LogP contribution < -0.4 is 31.2 Å². The van der Waals surface area contributed by atoms with Crippen LogP contribution >= 0.6 is 11.6 Å². The van der Waals surface area contributed by atoms with Gasteiger partial charge in [-0.05, 0) is 36.8 Å². The second-order valence-electron chi connectivity index (χ2n) is 7.81. The first-order chi connectivity index (χ1) is 15.3. The van der Waals surface area contributed by atoms with E-state index in [0.717, 1.165) is 0 Å². The van der Waals surface area contributed by atoms with Crippen molar-refractivity contribution in [2.24, 2.45) is 11.7 Å². The molecule has 2 aliphatic rings. The third-order valence-corrected chi connectivity index (χ3v) is 6.15. The number of fused-ring (bicyclic) bond motifs is 2. The quantitative estimate of drug-likeness (QED) is 0.523. The number of nitrogens with one attached hydrogen (secondary N) is 3. The maximum atomic E-state index is 13.5. The molecule has 0 radical (unpaired) electrons. The lowest BCUT2D eigenvalue weighted by molar-refractivity contribution is -0.130. The van der Waals surface area contributed by atoms with Crippen LogP contribution in [0.5, 0.6) is 11.5 Å². The SMILES string of the molecule is COc1ccc(OC)c(NC(=O)[C@@H]2C[C@H](CC(N)=O)N[C@]23C(=O)Nc2ccc(Cl)cc23)c1. The summed E-state index contributed by atoms with van der Waals surface area (Å²) in [6.07, 6.45) is 0.206. The van der Waals surface area contributed by atoms with E-state index in [0.29, 0.717) is 33.5 Å². The van der Waals surface area contributed by atoms with E-state index in [1.165, 1.54) is 14.2 Å². The van der Waals surface area contributed by atoms with E-state index in [-0.39, 0.29) is 18.7 Å². The number of halogens is 1. The zero-order chi connectivity index (χ0) is 23.0. The molecule has 1 spiro atoms. The Hall–Kier alpha value is -3.30. The molecule has 2 aliphatic heterocycles. The van der Waals surface area contributed by atoms with Gasteiger partial charge in [0.05, 0.1) is 25.8 Å². The van der Waals surface area contributed by atoms with Crippen molar-refractivity contribution in [2.75, 3.05) is 24.9 Å². The van der Waals surface area contributed by atoms with Gasteiger partial charge in [-0.2, -0.15) is 0 Å². The molecule has 2 aromatic rings. The van der Waals surface area contributed by atoms with Crippen molar-refractivity contribution >= 4 is 40.7 Å². The van der Waals surface area contributed by atoms with Gasteiger partial charge in [-0.1, -0.05) is 11.6 Å². The average Bonchev–Trinajstić information content (AvgIpc) is 3.26. The summed E-state index contributed by atoms with van der Waals surface area (Å²) in [6.45, 7) is 0. The van der Waals surface area contributed by atoms with E-state index in [2.05, 4.69) is 16.0 Å². The molecular weight excluding hydrogens is 436 g/mol. The third-order valence-electron chi connectivity index (χ3n) is 5.92. The lowest BCUT2D eigenvalue weighted by Gasteiger charge is -2.29. The van der Waals surface area contributed by atoms with Gasteiger partial charge in [-0.25, -0.2) is 0 Å². The number of amides is 3. The number of ether oxygens (including phenoxy) is 2. The number of anilines is 2. The summed E-state index contributed by atoms with van der Waals surface area (Å²) >= 11 is 6.21. The number of carbonyl (C=O) groups excluding carboxylic acids is 3. The molecule has 0 unspecified atom stereocenters. The third kappa shape index (κ3) is 3.63. The maximum Gasteiger partial charge on any atom is 0.250 e. The van der Waals surface area contributed by atoms with Crippen LogP contribution in [0, 0.1) is 5.92 Å². The predicted octanol–water partition coefficient (Wildman–Crippen LogP) is 2.00. The van der Waals surface area contributed by atoms with Crippen molar-refractivity contribution in [3.63, 3.8) is 0 Å². The largest absolute Gasteiger partial charge is 0.497 e. The fourth-order valence-electron chi connectivity index (χ4n) is 4.54. The van der Waals surface area contributed by atoms with Gasteiger partial charge in [0.15, 0.2) is 0 Å². The summed E-state index contributed by atoms with van der Waals surface area (Å²) < 4.78 is 10.6. The lowest BCUT2D eigenvalue weighted by atomic mass is 9.79. The Bertz CT molecular complexity index is 1110. The zero-order valence-corrected chi connectivity index (χ0v) is 18.3. The highest BCUT2D eigenvalue weighted by Gasteiger charge is 2.60. The molecule has 168 valence electrons. The molecule has 10 heteroatoms. The fourth-order valence-corrected chi connectivity index (χ4v) is 4.71. The van der Waals surface area contributed by atoms with Crippen molar-refractivity contribution in [1.82, 2.24) is 5.32 Å². The number of hydrogen-bond donors (Lipinski definition) is 4. The van der Waals surface area contributed by atoms with Crippen LogP contribution in [0.4, 0.5) is 11.4 Å². The number of benzene rings is 2. The van der Waals surface area contributed by atoms with Gasteiger partial charge < -0.3 is 25.8 Å². The number of hydrogen-bond acceptors (Lipinski definition) is 6. The monoisotopic (exact) mass is 458 g/mol. The molecule has 5 N–H and O–H groups in total. The Morgan fingerprint density at radius 1 is 1.22 bits per heavy atom. The Labute approximate surface area is 189 Å². The van der Waals surface area contributed by atoms with E-state index >= 15 is 0 Å². The molecule has 9 nitrogen and oxygen atoms in total. The number of nitrogens with two attached hydrogens (primary N) is 1. The Kier molecular flexibility index (Phi) is 5.70. The highest BCUT2D eigenvalue weighted by Crippen LogP contribution is 2.48. The minimum absolute atomic E-state index is 0.0167. The van der Waals surface area contributed by atoms with E-state index in [1.807, 2.05) is 0 Å². The number of methoxy groups -OCH3 is 2. The summed E-state index contributed by atoms with van der Waals surface area (Å²) in [6, 6.07) is 9.54. The molecule has 2 heterocycles. The van der Waals surface area contributed by atoms with Gasteiger partial charge in [-0.3, -0.25) is 19.7 Å². The van der Waals surface area contributed by atoms with E-state index in [4.69, 9.17) is 26.8 Å². The standard InChI is InChI=1S/C22H23ClN4O5/c1-31-13-4-6-18(32-2)17(10-13)25-20(29)15-8-12(9-19(24)28)27-22(15)14-7-11(23)3-5-16(14)26-21(22)30/h3-7,10,12,15,27H,8-9H2,1-2H3,(H2,24,28)(H,25,29)(H,26,30)/t12-,15+,22+/m1/s1. The molecule has 2 aromatic carbocycles. The minimum atomic E-state index is -1.39. The molecule has 3 atom stereocenters. The summed E-state index contributed by atoms with van der Waals surface area (Å²) in [7, 11) is 3.00. The zero-order valence-electron chi connectivity index (χ0n) is 17.5. The number of primary amides is 1. The number of rotatable bonds is 6. The summed E-state index contributed by atoms with van der Waals surface area (Å²) in [5.74, 6) is -1.21. The van der Waals surface area contributed by atoms with Gasteiger partial charge in [0.1, 0.15) is 17.0 Å². The normalized spacial score (nSPS) is 23.5. The van der Waals surface area contributed by atoms with Gasteiger partial charge in [0.25, 0.3) is 0 Å². The highest BCUT2D eigenvalue weighted by atomic mass is 35.5.